The van der Waals surface area contributed by atoms with Crippen LogP contribution in [0.25, 0.3) is 27.4 Å². The number of ether oxygens (including phenoxy) is 1. The molecule has 0 heterocycles. The Balaban J connectivity index is 0.00000342. The van der Waals surface area contributed by atoms with Crippen molar-refractivity contribution in [2.24, 2.45) is 5.11 Å². The van der Waals surface area contributed by atoms with Crippen LogP contribution in [0.1, 0.15) is 6.92 Å². The van der Waals surface area contributed by atoms with Gasteiger partial charge < -0.3 is 30.9 Å². The van der Waals surface area contributed by atoms with Gasteiger partial charge in [-0.2, -0.15) is 16.8 Å². The van der Waals surface area contributed by atoms with Crippen LogP contribution >= 0.6 is 0 Å². The summed E-state index contributed by atoms with van der Waals surface area (Å²) in [4.78, 5) is 10.1. The average molecular weight is 569 g/mol. The maximum atomic E-state index is 12.2. The maximum Gasteiger partial charge on any atom is 1.00 e. The molecule has 0 aliphatic heterocycles. The van der Waals surface area contributed by atoms with Gasteiger partial charge in [0.1, 0.15) is 16.4 Å². The number of hydrogen-bond acceptors (Lipinski definition) is 9. The number of carbonyl (C=O) groups is 1. The van der Waals surface area contributed by atoms with Crippen molar-refractivity contribution in [3.8, 4) is 22.6 Å². The van der Waals surface area contributed by atoms with Crippen molar-refractivity contribution in [3.63, 3.8) is 0 Å². The monoisotopic (exact) mass is 569 g/mol. The Hall–Kier alpha value is -1.63. The van der Waals surface area contributed by atoms with E-state index < -0.39 is 53.9 Å². The summed E-state index contributed by atoms with van der Waals surface area (Å²) in [5.41, 5.74) is 8.23. The van der Waals surface area contributed by atoms with Crippen molar-refractivity contribution in [3.05, 3.63) is 41.9 Å². The molecule has 3 aromatic carbocycles. The van der Waals surface area contributed by atoms with Crippen molar-refractivity contribution in [1.82, 2.24) is 0 Å². The molecule has 0 unspecified atom stereocenters. The molecule has 37 heavy (non-hydrogen) atoms. The molecule has 3 aromatic rings. The number of rotatable bonds is 8. The van der Waals surface area contributed by atoms with Crippen molar-refractivity contribution in [2.45, 2.75) is 16.7 Å². The molecular weight excluding hydrogens is 552 g/mol. The molecule has 0 saturated carbocycles. The van der Waals surface area contributed by atoms with Crippen LogP contribution in [0.5, 0.6) is 11.5 Å². The molecular formula is C20H17N3Na2O10S2. The Morgan fingerprint density at radius 1 is 1.08 bits per heavy atom. The molecule has 3 rings (SSSR count). The summed E-state index contributed by atoms with van der Waals surface area (Å²) in [6.45, 7) is 0.240. The Labute approximate surface area is 255 Å². The summed E-state index contributed by atoms with van der Waals surface area (Å²) < 4.78 is 72.2. The van der Waals surface area contributed by atoms with Gasteiger partial charge in [-0.3, -0.25) is 13.9 Å². The Kier molecular flexibility index (Phi) is 11.7. The molecule has 0 saturated heterocycles. The van der Waals surface area contributed by atoms with Gasteiger partial charge in [0.15, 0.2) is 0 Å². The number of aromatic hydroxyl groups is 1. The first-order valence-corrected chi connectivity index (χ1v) is 12.4. The van der Waals surface area contributed by atoms with Gasteiger partial charge in [0.2, 0.25) is 5.91 Å². The van der Waals surface area contributed by atoms with E-state index in [0.717, 1.165) is 31.2 Å². The standard InChI is InChI=1S/C20H17N3O10S2.2Na/c1-10(25)22-15-9-13(34(27,28)29)6-12-8-17(35(30,31)32)19(20(26)18(12)15)11-2-3-16(33-5-4-24)14(7-11)23-21;;/h2-3,6-9,26H,4-5H2,1H3,(H,22,25)(H,27,28,29)(H,30,31,32);;/q-2;2*+1. The van der Waals surface area contributed by atoms with Crippen LogP contribution in [0.4, 0.5) is 11.4 Å². The second kappa shape index (κ2) is 12.9. The molecule has 0 radical (unpaired) electrons. The predicted octanol–water partition coefficient (Wildman–Crippen LogP) is -3.94. The molecule has 0 aromatic heterocycles. The number of fused-ring (bicyclic) bond motifs is 1. The number of amides is 1. The first-order valence-electron chi connectivity index (χ1n) is 9.54. The largest absolute Gasteiger partial charge is 1.00 e. The van der Waals surface area contributed by atoms with Gasteiger partial charge in [0, 0.05) is 17.9 Å². The van der Waals surface area contributed by atoms with Crippen molar-refractivity contribution in [2.75, 3.05) is 18.5 Å². The van der Waals surface area contributed by atoms with Crippen molar-refractivity contribution in [1.29, 1.82) is 0 Å². The van der Waals surface area contributed by atoms with Crippen LogP contribution in [0.15, 0.2) is 51.3 Å². The van der Waals surface area contributed by atoms with E-state index in [1.54, 1.807) is 0 Å². The molecule has 4 N–H and O–H groups in total. The fraction of sp³-hybridized carbons (Fsp3) is 0.150. The normalized spacial score (nSPS) is 11.2. The van der Waals surface area contributed by atoms with Crippen LogP contribution in [-0.2, 0) is 25.0 Å². The third-order valence-corrected chi connectivity index (χ3v) is 6.44. The predicted molar refractivity (Wildman–Crippen MR) is 121 cm³/mol. The summed E-state index contributed by atoms with van der Waals surface area (Å²) in [5, 5.41) is 26.6. The number of phenols is 1. The third kappa shape index (κ3) is 7.48. The summed E-state index contributed by atoms with van der Waals surface area (Å²) in [5.74, 6) is -1.50. The van der Waals surface area contributed by atoms with Gasteiger partial charge in [-0.1, -0.05) is 6.07 Å². The minimum atomic E-state index is -5.05. The van der Waals surface area contributed by atoms with E-state index in [9.17, 15) is 46.5 Å². The number of nitrogens with one attached hydrogen (secondary N) is 1. The molecule has 0 spiro atoms. The molecule has 0 aliphatic rings. The number of nitrogens with zero attached hydrogens (tertiary/aromatic N) is 2. The summed E-state index contributed by atoms with van der Waals surface area (Å²) in [7, 11) is -9.87. The quantitative estimate of drug-likeness (QED) is 0.117. The van der Waals surface area contributed by atoms with Crippen LogP contribution < -0.4 is 74.3 Å². The Morgan fingerprint density at radius 3 is 2.24 bits per heavy atom. The first kappa shape index (κ1) is 33.4. The van der Waals surface area contributed by atoms with Crippen LogP contribution in [-0.4, -0.2) is 50.2 Å². The van der Waals surface area contributed by atoms with Crippen molar-refractivity contribution < 1.29 is 105 Å². The Bertz CT molecular complexity index is 1580. The zero-order chi connectivity index (χ0) is 26.1. The van der Waals surface area contributed by atoms with Gasteiger partial charge in [-0.15, -0.1) is 6.61 Å². The smallest absolute Gasteiger partial charge is 0.852 e. The fourth-order valence-corrected chi connectivity index (χ4v) is 4.71. The average Bonchev–Trinajstić information content (AvgIpc) is 2.75. The Morgan fingerprint density at radius 2 is 1.73 bits per heavy atom. The second-order valence-corrected chi connectivity index (χ2v) is 9.95. The molecule has 17 heteroatoms. The minimum Gasteiger partial charge on any atom is -0.852 e. The van der Waals surface area contributed by atoms with Gasteiger partial charge in [-0.25, -0.2) is 0 Å². The van der Waals surface area contributed by atoms with E-state index in [4.69, 9.17) is 4.74 Å². The molecule has 186 valence electrons. The number of hydrogen-bond donors (Lipinski definition) is 4. The number of carbonyl (C=O) groups excluding carboxylic acids is 1. The van der Waals surface area contributed by atoms with E-state index in [2.05, 4.69) is 10.4 Å². The maximum absolute atomic E-state index is 12.2. The van der Waals surface area contributed by atoms with E-state index in [1.165, 1.54) is 12.1 Å². The van der Waals surface area contributed by atoms with Crippen molar-refractivity contribution >= 4 is 48.3 Å². The van der Waals surface area contributed by atoms with Gasteiger partial charge in [-0.05, 0) is 41.3 Å². The molecule has 0 fully saturated rings. The zero-order valence-corrected chi connectivity index (χ0v) is 25.4. The van der Waals surface area contributed by atoms with Gasteiger partial charge in [0.05, 0.1) is 22.9 Å². The SMILES string of the molecule is CC(=O)Nc1cc(S(=O)(=O)O)cc2cc(S(=O)(=O)O)c(-c3ccc(OCC[O-])c(N=[N-])c3)c(O)c12.[Na+].[Na+]. The van der Waals surface area contributed by atoms with E-state index >= 15 is 0 Å². The minimum absolute atomic E-state index is 0. The van der Waals surface area contributed by atoms with Crippen LogP contribution in [0, 0.1) is 0 Å². The molecule has 1 amide bonds. The van der Waals surface area contributed by atoms with Crippen LogP contribution in [0.2, 0.25) is 0 Å². The number of phenolic OH excluding ortho intramolecular Hbond substituents is 1. The fourth-order valence-electron chi connectivity index (χ4n) is 3.41. The molecule has 0 bridgehead atoms. The third-order valence-electron chi connectivity index (χ3n) is 4.73. The first-order chi connectivity index (χ1) is 16.3. The summed E-state index contributed by atoms with van der Waals surface area (Å²) >= 11 is 0. The zero-order valence-electron chi connectivity index (χ0n) is 19.8. The topological polar surface area (TPSA) is 225 Å². The number of anilines is 1. The van der Waals surface area contributed by atoms with Gasteiger partial charge in [0.25, 0.3) is 20.2 Å². The van der Waals surface area contributed by atoms with E-state index in [0.29, 0.717) is 0 Å². The summed E-state index contributed by atoms with van der Waals surface area (Å²) in [6.07, 6.45) is 0. The van der Waals surface area contributed by atoms with Gasteiger partial charge >= 0.3 is 59.1 Å². The molecule has 0 atom stereocenters. The second-order valence-electron chi connectivity index (χ2n) is 7.13. The van der Waals surface area contributed by atoms with Crippen LogP contribution in [0.3, 0.4) is 0 Å². The summed E-state index contributed by atoms with van der Waals surface area (Å²) in [6, 6.07) is 6.09. The molecule has 0 aliphatic carbocycles. The number of benzene rings is 3. The van der Waals surface area contributed by atoms with E-state index in [1.807, 2.05) is 0 Å². The molecule has 13 nitrogen and oxygen atoms in total. The van der Waals surface area contributed by atoms with E-state index in [-0.39, 0.29) is 99.2 Å².